The molecule has 2 bridgehead atoms. The van der Waals surface area contributed by atoms with Crippen LogP contribution in [0.1, 0.15) is 18.1 Å². The van der Waals surface area contributed by atoms with E-state index in [1.54, 1.807) is 0 Å². The van der Waals surface area contributed by atoms with Crippen molar-refractivity contribution in [2.75, 3.05) is 11.5 Å². The van der Waals surface area contributed by atoms with Crippen LogP contribution in [0.25, 0.3) is 0 Å². The molecule has 6 rings (SSSR count). The standard InChI is InChI=1S/C19H17NO5/c21-17-14-13(18(22)23)12-5-7-19(14,25-12)16-10-6-8-24-15(10)9-3-1-2-4-11(9)20(16)17/h1-5,7,10,12-16H,6,8H2,(H,22,23)/t10-,12-,13+,14+,15-,16-,19-/m1/s1. The van der Waals surface area contributed by atoms with Crippen LogP contribution in [0.3, 0.4) is 0 Å². The molecule has 1 spiro atoms. The molecule has 3 fully saturated rings. The lowest BCUT2D eigenvalue weighted by atomic mass is 9.70. The van der Waals surface area contributed by atoms with Crippen molar-refractivity contribution in [2.24, 2.45) is 17.8 Å². The fourth-order valence-electron chi connectivity index (χ4n) is 5.86. The fraction of sp³-hybridized carbons (Fsp3) is 0.474. The quantitative estimate of drug-likeness (QED) is 0.785. The number of hydrogen-bond donors (Lipinski definition) is 1. The molecular formula is C19H17NO5. The Kier molecular flexibility index (Phi) is 2.42. The highest BCUT2D eigenvalue weighted by Gasteiger charge is 2.74. The van der Waals surface area contributed by atoms with Crippen LogP contribution in [0.5, 0.6) is 0 Å². The van der Waals surface area contributed by atoms with Crippen molar-refractivity contribution in [2.45, 2.75) is 30.3 Å². The first-order valence-corrected chi connectivity index (χ1v) is 8.77. The van der Waals surface area contributed by atoms with Gasteiger partial charge in [-0.05, 0) is 12.5 Å². The van der Waals surface area contributed by atoms with Crippen LogP contribution in [0, 0.1) is 17.8 Å². The average molecular weight is 339 g/mol. The van der Waals surface area contributed by atoms with Crippen LogP contribution in [-0.4, -0.2) is 41.3 Å². The van der Waals surface area contributed by atoms with E-state index in [9.17, 15) is 14.7 Å². The zero-order valence-corrected chi connectivity index (χ0v) is 13.4. The number of ether oxygens (including phenoxy) is 2. The molecule has 25 heavy (non-hydrogen) atoms. The summed E-state index contributed by atoms with van der Waals surface area (Å²) in [5.74, 6) is -2.42. The summed E-state index contributed by atoms with van der Waals surface area (Å²) in [7, 11) is 0. The number of para-hydroxylation sites is 1. The number of amides is 1. The summed E-state index contributed by atoms with van der Waals surface area (Å²) in [6.45, 7) is 0.651. The smallest absolute Gasteiger partial charge is 0.310 e. The number of benzene rings is 1. The van der Waals surface area contributed by atoms with Crippen LogP contribution in [0.4, 0.5) is 5.69 Å². The molecule has 1 N–H and O–H groups in total. The van der Waals surface area contributed by atoms with Crippen molar-refractivity contribution in [1.29, 1.82) is 0 Å². The van der Waals surface area contributed by atoms with Gasteiger partial charge in [-0.25, -0.2) is 0 Å². The van der Waals surface area contributed by atoms with Crippen LogP contribution < -0.4 is 4.90 Å². The first-order chi connectivity index (χ1) is 12.1. The molecule has 0 aromatic heterocycles. The number of nitrogens with zero attached hydrogens (tertiary/aromatic N) is 1. The third-order valence-corrected chi connectivity index (χ3v) is 6.66. The van der Waals surface area contributed by atoms with Crippen molar-refractivity contribution in [3.05, 3.63) is 42.0 Å². The highest BCUT2D eigenvalue weighted by Crippen LogP contribution is 2.62. The maximum Gasteiger partial charge on any atom is 0.310 e. The van der Waals surface area contributed by atoms with Gasteiger partial charge in [-0.1, -0.05) is 30.4 Å². The summed E-state index contributed by atoms with van der Waals surface area (Å²) in [4.78, 5) is 27.0. The average Bonchev–Trinajstić information content (AvgIpc) is 3.35. The largest absolute Gasteiger partial charge is 0.481 e. The third kappa shape index (κ3) is 1.42. The van der Waals surface area contributed by atoms with E-state index in [-0.39, 0.29) is 24.0 Å². The monoisotopic (exact) mass is 339 g/mol. The number of rotatable bonds is 1. The van der Waals surface area contributed by atoms with Gasteiger partial charge in [-0.2, -0.15) is 0 Å². The topological polar surface area (TPSA) is 76.1 Å². The molecule has 1 aromatic rings. The van der Waals surface area contributed by atoms with E-state index < -0.39 is 29.5 Å². The number of hydrogen-bond acceptors (Lipinski definition) is 4. The molecule has 5 aliphatic heterocycles. The Hall–Kier alpha value is -2.18. The molecule has 5 heterocycles. The van der Waals surface area contributed by atoms with E-state index >= 15 is 0 Å². The minimum atomic E-state index is -0.957. The zero-order valence-electron chi connectivity index (χ0n) is 13.4. The van der Waals surface area contributed by atoms with Crippen molar-refractivity contribution < 1.29 is 24.2 Å². The SMILES string of the molecule is O=C(O)[C@@H]1[C@H]2C(=O)N3c4ccccc4[C@H]4OCC[C@H]4[C@@H]3[C@@]23C=C[C@H]1O3. The molecule has 7 atom stereocenters. The second-order valence-corrected chi connectivity index (χ2v) is 7.59. The molecule has 128 valence electrons. The number of anilines is 1. The number of carbonyl (C=O) groups is 2. The summed E-state index contributed by atoms with van der Waals surface area (Å²) in [5, 5.41) is 9.70. The minimum absolute atomic E-state index is 0.0571. The maximum atomic E-state index is 13.4. The van der Waals surface area contributed by atoms with E-state index in [1.807, 2.05) is 41.3 Å². The van der Waals surface area contributed by atoms with Gasteiger partial charge in [0.1, 0.15) is 11.5 Å². The predicted molar refractivity (Wildman–Crippen MR) is 85.9 cm³/mol. The van der Waals surface area contributed by atoms with Crippen LogP contribution in [0.2, 0.25) is 0 Å². The van der Waals surface area contributed by atoms with Gasteiger partial charge in [0.25, 0.3) is 0 Å². The van der Waals surface area contributed by atoms with Gasteiger partial charge in [0.15, 0.2) is 0 Å². The normalized spacial score (nSPS) is 45.3. The Balaban J connectivity index is 1.59. The number of carbonyl (C=O) groups excluding carboxylic acids is 1. The number of fused-ring (bicyclic) bond motifs is 7. The van der Waals surface area contributed by atoms with Gasteiger partial charge in [0, 0.05) is 23.8 Å². The molecule has 6 heteroatoms. The Morgan fingerprint density at radius 3 is 3.00 bits per heavy atom. The van der Waals surface area contributed by atoms with Gasteiger partial charge in [-0.15, -0.1) is 0 Å². The van der Waals surface area contributed by atoms with E-state index in [0.29, 0.717) is 6.61 Å². The van der Waals surface area contributed by atoms with Crippen LogP contribution in [0.15, 0.2) is 36.4 Å². The van der Waals surface area contributed by atoms with Gasteiger partial charge in [0.05, 0.1) is 24.2 Å². The highest BCUT2D eigenvalue weighted by atomic mass is 16.5. The minimum Gasteiger partial charge on any atom is -0.481 e. The van der Waals surface area contributed by atoms with Crippen molar-refractivity contribution >= 4 is 17.6 Å². The Morgan fingerprint density at radius 1 is 1.32 bits per heavy atom. The second-order valence-electron chi connectivity index (χ2n) is 7.59. The van der Waals surface area contributed by atoms with E-state index in [2.05, 4.69) is 0 Å². The Bertz CT molecular complexity index is 850. The first-order valence-electron chi connectivity index (χ1n) is 8.77. The highest BCUT2D eigenvalue weighted by molar-refractivity contribution is 6.04. The van der Waals surface area contributed by atoms with Gasteiger partial charge >= 0.3 is 5.97 Å². The first kappa shape index (κ1) is 14.0. The Labute approximate surface area is 144 Å². The molecule has 3 saturated heterocycles. The summed E-state index contributed by atoms with van der Waals surface area (Å²) in [5.41, 5.74) is 1.03. The summed E-state index contributed by atoms with van der Waals surface area (Å²) in [6, 6.07) is 7.61. The fourth-order valence-corrected chi connectivity index (χ4v) is 5.86. The summed E-state index contributed by atoms with van der Waals surface area (Å²) in [6.07, 6.45) is 4.07. The maximum absolute atomic E-state index is 13.4. The molecule has 1 amide bonds. The molecule has 1 aromatic carbocycles. The molecule has 0 aliphatic carbocycles. The lowest BCUT2D eigenvalue weighted by Crippen LogP contribution is -2.53. The van der Waals surface area contributed by atoms with Crippen LogP contribution >= 0.6 is 0 Å². The summed E-state index contributed by atoms with van der Waals surface area (Å²) >= 11 is 0. The van der Waals surface area contributed by atoms with E-state index in [1.165, 1.54) is 0 Å². The molecule has 5 aliphatic rings. The van der Waals surface area contributed by atoms with Crippen molar-refractivity contribution in [3.8, 4) is 0 Å². The van der Waals surface area contributed by atoms with Gasteiger partial charge in [0.2, 0.25) is 5.91 Å². The molecule has 6 nitrogen and oxygen atoms in total. The zero-order chi connectivity index (χ0) is 16.9. The van der Waals surface area contributed by atoms with Crippen LogP contribution in [-0.2, 0) is 19.1 Å². The Morgan fingerprint density at radius 2 is 2.16 bits per heavy atom. The van der Waals surface area contributed by atoms with Crippen molar-refractivity contribution in [3.63, 3.8) is 0 Å². The lowest BCUT2D eigenvalue weighted by Gasteiger charge is -2.43. The van der Waals surface area contributed by atoms with Crippen molar-refractivity contribution in [1.82, 2.24) is 0 Å². The number of carboxylic acid groups (broad SMARTS) is 1. The second kappa shape index (κ2) is 4.31. The number of aliphatic carboxylic acids is 1. The van der Waals surface area contributed by atoms with E-state index in [0.717, 1.165) is 17.7 Å². The molecule has 0 radical (unpaired) electrons. The summed E-state index contributed by atoms with van der Waals surface area (Å²) < 4.78 is 12.2. The lowest BCUT2D eigenvalue weighted by molar-refractivity contribution is -0.146. The third-order valence-electron chi connectivity index (χ3n) is 6.66. The van der Waals surface area contributed by atoms with Gasteiger partial charge < -0.3 is 19.5 Å². The molecule has 0 saturated carbocycles. The van der Waals surface area contributed by atoms with Gasteiger partial charge in [-0.3, -0.25) is 9.59 Å². The molecular weight excluding hydrogens is 322 g/mol. The predicted octanol–water partition coefficient (Wildman–Crippen LogP) is 1.52. The molecule has 0 unspecified atom stereocenters. The number of carboxylic acids is 1. The van der Waals surface area contributed by atoms with E-state index in [4.69, 9.17) is 9.47 Å².